The average Bonchev–Trinajstić information content (AvgIpc) is 2.69. The van der Waals surface area contributed by atoms with E-state index in [4.69, 9.17) is 0 Å². The van der Waals surface area contributed by atoms with Crippen LogP contribution in [0.2, 0.25) is 0 Å². The Morgan fingerprint density at radius 1 is 0.967 bits per heavy atom. The first-order valence-electron chi connectivity index (χ1n) is 11.8. The van der Waals surface area contributed by atoms with E-state index in [0.29, 0.717) is 11.3 Å². The van der Waals surface area contributed by atoms with Gasteiger partial charge >= 0.3 is 0 Å². The molecule has 4 bridgehead atoms. The largest absolute Gasteiger partial charge is 0.353 e. The van der Waals surface area contributed by atoms with E-state index >= 15 is 0 Å². The molecule has 4 nitrogen and oxygen atoms in total. The summed E-state index contributed by atoms with van der Waals surface area (Å²) in [5.74, 6) is 2.67. The molecule has 5 fully saturated rings. The lowest BCUT2D eigenvalue weighted by Gasteiger charge is -2.57. The molecule has 4 aliphatic carbocycles. The van der Waals surface area contributed by atoms with Crippen LogP contribution < -0.4 is 5.32 Å². The van der Waals surface area contributed by atoms with E-state index in [-0.39, 0.29) is 24.2 Å². The number of nitrogens with zero attached hydrogens (tertiary/aromatic N) is 1. The molecular formula is C25H33FN2O2. The monoisotopic (exact) mass is 412 g/mol. The second kappa shape index (κ2) is 7.97. The molecule has 5 heteroatoms. The number of piperidine rings is 1. The third-order valence-corrected chi connectivity index (χ3v) is 8.18. The van der Waals surface area contributed by atoms with Gasteiger partial charge in [0, 0.05) is 25.6 Å². The van der Waals surface area contributed by atoms with Crippen molar-refractivity contribution in [1.82, 2.24) is 10.2 Å². The average molecular weight is 413 g/mol. The van der Waals surface area contributed by atoms with Crippen LogP contribution in [0.1, 0.15) is 63.4 Å². The molecule has 1 aliphatic heterocycles. The van der Waals surface area contributed by atoms with Crippen molar-refractivity contribution in [1.29, 1.82) is 0 Å². The van der Waals surface area contributed by atoms with E-state index in [1.165, 1.54) is 50.7 Å². The van der Waals surface area contributed by atoms with Crippen LogP contribution in [-0.2, 0) is 16.0 Å². The summed E-state index contributed by atoms with van der Waals surface area (Å²) >= 11 is 0. The van der Waals surface area contributed by atoms with Crippen molar-refractivity contribution in [2.45, 2.75) is 70.3 Å². The van der Waals surface area contributed by atoms with E-state index < -0.39 is 0 Å². The molecule has 162 valence electrons. The van der Waals surface area contributed by atoms with Crippen molar-refractivity contribution >= 4 is 11.8 Å². The van der Waals surface area contributed by atoms with Crippen LogP contribution in [0.4, 0.5) is 4.39 Å². The highest BCUT2D eigenvalue weighted by molar-refractivity contribution is 5.79. The minimum atomic E-state index is -0.287. The van der Waals surface area contributed by atoms with E-state index in [0.717, 1.165) is 55.7 Å². The Hall–Kier alpha value is -1.91. The van der Waals surface area contributed by atoms with Crippen molar-refractivity contribution in [2.75, 3.05) is 13.1 Å². The first-order valence-corrected chi connectivity index (χ1v) is 11.8. The van der Waals surface area contributed by atoms with Gasteiger partial charge in [-0.2, -0.15) is 0 Å². The van der Waals surface area contributed by atoms with Crippen molar-refractivity contribution in [2.24, 2.45) is 23.2 Å². The van der Waals surface area contributed by atoms with Gasteiger partial charge in [-0.3, -0.25) is 9.59 Å². The molecule has 6 rings (SSSR count). The number of hydrogen-bond donors (Lipinski definition) is 1. The molecule has 1 heterocycles. The molecule has 0 unspecified atom stereocenters. The molecular weight excluding hydrogens is 379 g/mol. The Labute approximate surface area is 178 Å². The maximum Gasteiger partial charge on any atom is 0.224 e. The zero-order valence-corrected chi connectivity index (χ0v) is 17.7. The van der Waals surface area contributed by atoms with Gasteiger partial charge in [-0.05, 0) is 92.2 Å². The highest BCUT2D eigenvalue weighted by Crippen LogP contribution is 2.61. The van der Waals surface area contributed by atoms with Gasteiger partial charge in [-0.15, -0.1) is 0 Å². The fourth-order valence-corrected chi connectivity index (χ4v) is 7.28. The lowest BCUT2D eigenvalue weighted by Crippen LogP contribution is -2.50. The molecule has 2 amide bonds. The Balaban J connectivity index is 1.09. The van der Waals surface area contributed by atoms with Gasteiger partial charge in [0.05, 0.1) is 6.42 Å². The lowest BCUT2D eigenvalue weighted by atomic mass is 9.49. The molecule has 0 radical (unpaired) electrons. The quantitative estimate of drug-likeness (QED) is 0.792. The molecule has 1 aromatic carbocycles. The summed E-state index contributed by atoms with van der Waals surface area (Å²) in [6.07, 6.45) is 10.7. The zero-order chi connectivity index (χ0) is 20.7. The van der Waals surface area contributed by atoms with Gasteiger partial charge in [-0.25, -0.2) is 4.39 Å². The topological polar surface area (TPSA) is 49.4 Å². The molecule has 1 saturated heterocycles. The van der Waals surface area contributed by atoms with Crippen LogP contribution in [0.25, 0.3) is 0 Å². The van der Waals surface area contributed by atoms with Crippen molar-refractivity contribution in [3.63, 3.8) is 0 Å². The van der Waals surface area contributed by atoms with Crippen LogP contribution in [-0.4, -0.2) is 35.8 Å². The normalized spacial score (nSPS) is 33.0. The third kappa shape index (κ3) is 4.26. The number of carbonyl (C=O) groups is 2. The fraction of sp³-hybridized carbons (Fsp3) is 0.680. The second-order valence-corrected chi connectivity index (χ2v) is 10.6. The maximum absolute atomic E-state index is 13.1. The molecule has 0 atom stereocenters. The van der Waals surface area contributed by atoms with Gasteiger partial charge in [0.25, 0.3) is 0 Å². The van der Waals surface area contributed by atoms with Gasteiger partial charge in [0.1, 0.15) is 5.82 Å². The number of amides is 2. The third-order valence-electron chi connectivity index (χ3n) is 8.18. The van der Waals surface area contributed by atoms with E-state index in [9.17, 15) is 14.0 Å². The van der Waals surface area contributed by atoms with E-state index in [1.807, 2.05) is 4.90 Å². The van der Waals surface area contributed by atoms with Gasteiger partial charge in [-0.1, -0.05) is 12.1 Å². The van der Waals surface area contributed by atoms with Crippen LogP contribution in [0.3, 0.4) is 0 Å². The minimum Gasteiger partial charge on any atom is -0.353 e. The first kappa shape index (κ1) is 20.0. The molecule has 1 N–H and O–H groups in total. The second-order valence-electron chi connectivity index (χ2n) is 10.6. The van der Waals surface area contributed by atoms with Gasteiger partial charge in [0.2, 0.25) is 11.8 Å². The number of hydrogen-bond acceptors (Lipinski definition) is 2. The summed E-state index contributed by atoms with van der Waals surface area (Å²) in [6.45, 7) is 1.49. The van der Waals surface area contributed by atoms with Crippen molar-refractivity contribution in [3.05, 3.63) is 35.6 Å². The summed E-state index contributed by atoms with van der Waals surface area (Å²) < 4.78 is 13.0. The summed E-state index contributed by atoms with van der Waals surface area (Å²) in [4.78, 5) is 27.4. The summed E-state index contributed by atoms with van der Waals surface area (Å²) in [7, 11) is 0. The van der Waals surface area contributed by atoms with Crippen molar-refractivity contribution in [3.8, 4) is 0 Å². The standard InChI is InChI=1S/C25H33FN2O2/c26-21-3-1-17(2-4-21)12-23(29)27-22-5-7-28(8-6-22)24(30)16-25-13-18-9-19(14-25)11-20(10-18)15-25/h1-4,18-20,22H,5-16H2,(H,27,29). The maximum atomic E-state index is 13.1. The number of rotatable bonds is 5. The Kier molecular flexibility index (Phi) is 5.32. The van der Waals surface area contributed by atoms with Crippen LogP contribution >= 0.6 is 0 Å². The fourth-order valence-electron chi connectivity index (χ4n) is 7.28. The summed E-state index contributed by atoms with van der Waals surface area (Å²) in [6, 6.07) is 6.20. The Morgan fingerprint density at radius 2 is 1.53 bits per heavy atom. The number of likely N-dealkylation sites (tertiary alicyclic amines) is 1. The zero-order valence-electron chi connectivity index (χ0n) is 17.7. The first-order chi connectivity index (χ1) is 14.5. The molecule has 5 aliphatic rings. The van der Waals surface area contributed by atoms with Crippen molar-refractivity contribution < 1.29 is 14.0 Å². The predicted octanol–water partition coefficient (Wildman–Crippen LogP) is 4.08. The Bertz CT molecular complexity index is 763. The van der Waals surface area contributed by atoms with E-state index in [1.54, 1.807) is 12.1 Å². The highest BCUT2D eigenvalue weighted by Gasteiger charge is 2.51. The van der Waals surface area contributed by atoms with Crippen LogP contribution in [0, 0.1) is 29.0 Å². The molecule has 0 spiro atoms. The van der Waals surface area contributed by atoms with Crippen LogP contribution in [0.5, 0.6) is 0 Å². The molecule has 30 heavy (non-hydrogen) atoms. The number of carbonyl (C=O) groups excluding carboxylic acids is 2. The number of halogens is 1. The Morgan fingerprint density at radius 3 is 2.10 bits per heavy atom. The minimum absolute atomic E-state index is 0.0278. The SMILES string of the molecule is O=C(Cc1ccc(F)cc1)NC1CCN(C(=O)CC23CC4CC(CC(C4)C2)C3)CC1. The molecule has 1 aromatic rings. The van der Waals surface area contributed by atoms with E-state index in [2.05, 4.69) is 5.32 Å². The molecule has 4 saturated carbocycles. The molecule has 0 aromatic heterocycles. The lowest BCUT2D eigenvalue weighted by molar-refractivity contribution is -0.140. The predicted molar refractivity (Wildman–Crippen MR) is 113 cm³/mol. The highest BCUT2D eigenvalue weighted by atomic mass is 19.1. The summed E-state index contributed by atoms with van der Waals surface area (Å²) in [5, 5.41) is 3.10. The smallest absolute Gasteiger partial charge is 0.224 e. The summed E-state index contributed by atoms with van der Waals surface area (Å²) in [5.41, 5.74) is 1.11. The van der Waals surface area contributed by atoms with Gasteiger partial charge in [0.15, 0.2) is 0 Å². The van der Waals surface area contributed by atoms with Crippen LogP contribution in [0.15, 0.2) is 24.3 Å². The van der Waals surface area contributed by atoms with Gasteiger partial charge < -0.3 is 10.2 Å². The number of benzene rings is 1. The number of nitrogens with one attached hydrogen (secondary N) is 1.